The van der Waals surface area contributed by atoms with Crippen molar-refractivity contribution in [2.24, 2.45) is 0 Å². The van der Waals surface area contributed by atoms with Crippen LogP contribution >= 0.6 is 0 Å². The molecule has 0 atom stereocenters. The summed E-state index contributed by atoms with van der Waals surface area (Å²) in [6, 6.07) is 12.5. The maximum absolute atomic E-state index is 12.7. The summed E-state index contributed by atoms with van der Waals surface area (Å²) in [5.74, 6) is 0.398. The van der Waals surface area contributed by atoms with Gasteiger partial charge in [0, 0.05) is 23.5 Å². The minimum absolute atomic E-state index is 0.0143. The van der Waals surface area contributed by atoms with Crippen LogP contribution in [0.4, 0.5) is 30.6 Å². The van der Waals surface area contributed by atoms with Gasteiger partial charge in [-0.05, 0) is 36.8 Å². The van der Waals surface area contributed by atoms with Crippen LogP contribution in [-0.4, -0.2) is 49.8 Å². The molecular weight excluding hydrogens is 489 g/mol. The highest BCUT2D eigenvalue weighted by atomic mass is 19.4. The van der Waals surface area contributed by atoms with Gasteiger partial charge in [0.2, 0.25) is 5.95 Å². The number of nitrogen functional groups attached to an aromatic ring is 1. The molecule has 0 spiro atoms. The predicted octanol–water partition coefficient (Wildman–Crippen LogP) is 4.29. The lowest BCUT2D eigenvalue weighted by atomic mass is 10.0. The molecule has 0 aliphatic carbocycles. The molecule has 0 aliphatic rings. The number of ether oxygens (including phenoxy) is 1. The Morgan fingerprint density at radius 3 is 2.70 bits per heavy atom. The molecule has 0 saturated carbocycles. The van der Waals surface area contributed by atoms with E-state index in [0.717, 1.165) is 16.8 Å². The number of nitrogens with one attached hydrogen (secondary N) is 3. The maximum Gasteiger partial charge on any atom is 0.405 e. The van der Waals surface area contributed by atoms with Gasteiger partial charge in [-0.2, -0.15) is 18.3 Å². The number of aromatic amines is 1. The van der Waals surface area contributed by atoms with Crippen LogP contribution in [0.3, 0.4) is 0 Å². The first-order valence-corrected chi connectivity index (χ1v) is 11.2. The lowest BCUT2D eigenvalue weighted by Crippen LogP contribution is -2.33. The lowest BCUT2D eigenvalue weighted by Gasteiger charge is -2.10. The molecule has 5 aromatic rings. The summed E-state index contributed by atoms with van der Waals surface area (Å²) in [6.07, 6.45) is -2.03. The van der Waals surface area contributed by atoms with E-state index in [1.165, 1.54) is 17.0 Å². The summed E-state index contributed by atoms with van der Waals surface area (Å²) in [4.78, 5) is 24.3. The Morgan fingerprint density at radius 2 is 1.97 bits per heavy atom. The second kappa shape index (κ2) is 9.33. The highest BCUT2D eigenvalue weighted by molar-refractivity contribution is 6.07. The Labute approximate surface area is 207 Å². The molecular formula is C24H21F3N8O2. The molecule has 0 fully saturated rings. The van der Waals surface area contributed by atoms with E-state index in [9.17, 15) is 18.0 Å². The van der Waals surface area contributed by atoms with Crippen LogP contribution in [0.15, 0.2) is 55.0 Å². The highest BCUT2D eigenvalue weighted by Gasteiger charge is 2.29. The first kappa shape index (κ1) is 23.9. The fourth-order valence-electron chi connectivity index (χ4n) is 3.93. The summed E-state index contributed by atoms with van der Waals surface area (Å²) in [5.41, 5.74) is 9.42. The number of hydrogen-bond acceptors (Lipinski definition) is 7. The molecule has 3 aromatic heterocycles. The van der Waals surface area contributed by atoms with E-state index >= 15 is 0 Å². The minimum Gasteiger partial charge on any atom is -0.494 e. The summed E-state index contributed by atoms with van der Waals surface area (Å²) in [5, 5.41) is 9.11. The van der Waals surface area contributed by atoms with Crippen molar-refractivity contribution in [2.45, 2.75) is 13.1 Å². The zero-order valence-electron chi connectivity index (χ0n) is 19.4. The van der Waals surface area contributed by atoms with E-state index in [0.29, 0.717) is 34.9 Å². The van der Waals surface area contributed by atoms with Gasteiger partial charge in [-0.15, -0.1) is 0 Å². The number of anilines is 3. The van der Waals surface area contributed by atoms with Crippen molar-refractivity contribution < 1.29 is 22.7 Å². The number of H-pyrrole nitrogens is 1. The predicted molar refractivity (Wildman–Crippen MR) is 132 cm³/mol. The molecule has 13 heteroatoms. The van der Waals surface area contributed by atoms with Crippen molar-refractivity contribution in [3.63, 3.8) is 0 Å². The third-order valence-corrected chi connectivity index (χ3v) is 5.50. The van der Waals surface area contributed by atoms with Gasteiger partial charge in [0.15, 0.2) is 5.82 Å². The fraction of sp³-hybridized carbons (Fsp3) is 0.167. The van der Waals surface area contributed by atoms with Gasteiger partial charge in [-0.25, -0.2) is 14.5 Å². The van der Waals surface area contributed by atoms with Crippen molar-refractivity contribution in [3.8, 4) is 16.9 Å². The molecule has 5 N–H and O–H groups in total. The molecule has 37 heavy (non-hydrogen) atoms. The van der Waals surface area contributed by atoms with Crippen molar-refractivity contribution in [3.05, 3.63) is 60.6 Å². The molecule has 5 rings (SSSR count). The molecule has 0 bridgehead atoms. The van der Waals surface area contributed by atoms with Gasteiger partial charge in [-0.1, -0.05) is 12.1 Å². The van der Waals surface area contributed by atoms with E-state index in [1.807, 2.05) is 30.4 Å². The number of imidazole rings is 1. The van der Waals surface area contributed by atoms with Crippen LogP contribution in [0.25, 0.3) is 27.7 Å². The van der Waals surface area contributed by atoms with E-state index in [4.69, 9.17) is 10.5 Å². The van der Waals surface area contributed by atoms with E-state index in [-0.39, 0.29) is 11.4 Å². The summed E-state index contributed by atoms with van der Waals surface area (Å²) >= 11 is 0. The average molecular weight is 510 g/mol. The molecule has 0 aliphatic heterocycles. The second-order valence-corrected chi connectivity index (χ2v) is 8.05. The van der Waals surface area contributed by atoms with E-state index in [2.05, 4.69) is 25.4 Å². The molecule has 3 heterocycles. The van der Waals surface area contributed by atoms with Gasteiger partial charge in [-0.3, -0.25) is 4.79 Å². The first-order valence-electron chi connectivity index (χ1n) is 11.2. The third kappa shape index (κ3) is 4.96. The zero-order valence-corrected chi connectivity index (χ0v) is 19.4. The average Bonchev–Trinajstić information content (AvgIpc) is 3.44. The van der Waals surface area contributed by atoms with E-state index in [1.54, 1.807) is 24.3 Å². The number of nitrogens with two attached hydrogens (primary N) is 1. The van der Waals surface area contributed by atoms with Crippen LogP contribution in [0.2, 0.25) is 0 Å². The Morgan fingerprint density at radius 1 is 1.19 bits per heavy atom. The summed E-state index contributed by atoms with van der Waals surface area (Å²) < 4.78 is 44.9. The van der Waals surface area contributed by atoms with E-state index < -0.39 is 18.6 Å². The number of benzene rings is 2. The third-order valence-electron chi connectivity index (χ3n) is 5.50. The quantitative estimate of drug-likeness (QED) is 0.257. The normalized spacial score (nSPS) is 11.7. The number of carbonyl (C=O) groups excluding carboxylic acids is 1. The van der Waals surface area contributed by atoms with Gasteiger partial charge in [0.1, 0.15) is 24.1 Å². The smallest absolute Gasteiger partial charge is 0.405 e. The van der Waals surface area contributed by atoms with Gasteiger partial charge in [0.05, 0.1) is 23.2 Å². The lowest BCUT2D eigenvalue weighted by molar-refractivity contribution is -0.123. The second-order valence-electron chi connectivity index (χ2n) is 8.05. The molecule has 0 unspecified atom stereocenters. The Balaban J connectivity index is 1.45. The minimum atomic E-state index is -4.55. The van der Waals surface area contributed by atoms with Crippen LogP contribution in [0, 0.1) is 0 Å². The van der Waals surface area contributed by atoms with Crippen LogP contribution in [0.5, 0.6) is 5.75 Å². The van der Waals surface area contributed by atoms with Gasteiger partial charge < -0.3 is 26.1 Å². The largest absolute Gasteiger partial charge is 0.494 e. The molecule has 0 saturated heterocycles. The Kier molecular flexibility index (Phi) is 6.03. The number of halogens is 3. The number of fused-ring (bicyclic) bond motifs is 2. The first-order chi connectivity index (χ1) is 17.7. The van der Waals surface area contributed by atoms with Crippen molar-refractivity contribution in [1.82, 2.24) is 29.9 Å². The number of alkyl halides is 3. The number of carbonyl (C=O) groups is 1. The molecule has 190 valence electrons. The zero-order chi connectivity index (χ0) is 26.2. The monoisotopic (exact) mass is 510 g/mol. The van der Waals surface area contributed by atoms with Crippen molar-refractivity contribution >= 4 is 39.9 Å². The van der Waals surface area contributed by atoms with Gasteiger partial charge >= 0.3 is 6.18 Å². The standard InChI is InChI=1S/C24H21F3N8O2/c1-2-37-15-7-8-17-18(9-15)34-23(33-17)32-14-5-3-13(4-6-14)19-16(22(36)29-11-24(25,26)27)10-35-20(19)21(28)30-12-31-35/h3-10,12H,2,11H2,1H3,(H,29,36)(H2,28,30,31)(H2,32,33,34). The molecule has 0 radical (unpaired) electrons. The number of hydrogen-bond donors (Lipinski definition) is 4. The van der Waals surface area contributed by atoms with Gasteiger partial charge in [0.25, 0.3) is 5.91 Å². The maximum atomic E-state index is 12.7. The van der Waals surface area contributed by atoms with Crippen LogP contribution in [-0.2, 0) is 0 Å². The summed E-state index contributed by atoms with van der Waals surface area (Å²) in [6.45, 7) is 0.987. The number of rotatable bonds is 7. The molecule has 2 aromatic carbocycles. The number of nitrogens with zero attached hydrogens (tertiary/aromatic N) is 4. The molecule has 10 nitrogen and oxygen atoms in total. The van der Waals surface area contributed by atoms with Crippen LogP contribution < -0.4 is 21.1 Å². The Bertz CT molecular complexity index is 1590. The molecule has 1 amide bonds. The highest BCUT2D eigenvalue weighted by Crippen LogP contribution is 2.33. The number of aromatic nitrogens is 5. The number of amides is 1. The topological polar surface area (TPSA) is 135 Å². The van der Waals surface area contributed by atoms with Crippen molar-refractivity contribution in [1.29, 1.82) is 0 Å². The van der Waals surface area contributed by atoms with Crippen molar-refractivity contribution in [2.75, 3.05) is 24.2 Å². The summed E-state index contributed by atoms with van der Waals surface area (Å²) in [7, 11) is 0. The van der Waals surface area contributed by atoms with Crippen LogP contribution in [0.1, 0.15) is 17.3 Å². The fourth-order valence-corrected chi connectivity index (χ4v) is 3.93. The SMILES string of the molecule is CCOc1ccc2[nH]c(Nc3ccc(-c4c(C(=O)NCC(F)(F)F)cn5ncnc(N)c45)cc3)nc2c1. The Hall–Kier alpha value is -4.81.